The van der Waals surface area contributed by atoms with Gasteiger partial charge in [-0.3, -0.25) is 4.79 Å². The standard InChI is InChI=1S/C14H26N2O2.ClH/c17-14(13-11-15-9-10-18-13)16-8-4-3-7-12-5-1-2-6-12;/h12-13,15H,1-11H2,(H,16,17);1H. The van der Waals surface area contributed by atoms with Gasteiger partial charge in [-0.15, -0.1) is 12.4 Å². The van der Waals surface area contributed by atoms with Crippen molar-refractivity contribution >= 4 is 18.3 Å². The third-order valence-electron chi connectivity index (χ3n) is 4.03. The van der Waals surface area contributed by atoms with Crippen molar-refractivity contribution < 1.29 is 9.53 Å². The maximum atomic E-state index is 11.7. The molecule has 1 amide bonds. The molecule has 2 N–H and O–H groups in total. The van der Waals surface area contributed by atoms with Gasteiger partial charge < -0.3 is 15.4 Å². The Morgan fingerprint density at radius 3 is 2.74 bits per heavy atom. The first-order valence-corrected chi connectivity index (χ1v) is 7.46. The normalized spacial score (nSPS) is 23.9. The topological polar surface area (TPSA) is 50.4 Å². The smallest absolute Gasteiger partial charge is 0.250 e. The van der Waals surface area contributed by atoms with Gasteiger partial charge in [-0.1, -0.05) is 38.5 Å². The van der Waals surface area contributed by atoms with Crippen molar-refractivity contribution in [2.45, 2.75) is 51.0 Å². The van der Waals surface area contributed by atoms with E-state index in [-0.39, 0.29) is 24.4 Å². The summed E-state index contributed by atoms with van der Waals surface area (Å²) in [5, 5.41) is 6.14. The van der Waals surface area contributed by atoms with E-state index in [1.54, 1.807) is 0 Å². The van der Waals surface area contributed by atoms with E-state index in [1.165, 1.54) is 38.5 Å². The number of carbonyl (C=O) groups is 1. The molecule has 2 rings (SSSR count). The third-order valence-corrected chi connectivity index (χ3v) is 4.03. The minimum Gasteiger partial charge on any atom is -0.366 e. The second-order valence-electron chi connectivity index (χ2n) is 5.50. The molecular weight excluding hydrogens is 264 g/mol. The molecular formula is C14H27ClN2O2. The lowest BCUT2D eigenvalue weighted by Crippen LogP contribution is -2.48. The molecule has 0 radical (unpaired) electrons. The lowest BCUT2D eigenvalue weighted by atomic mass is 10.0. The first-order valence-electron chi connectivity index (χ1n) is 7.46. The van der Waals surface area contributed by atoms with Gasteiger partial charge in [0.25, 0.3) is 0 Å². The maximum absolute atomic E-state index is 11.7. The van der Waals surface area contributed by atoms with Gasteiger partial charge in [-0.2, -0.15) is 0 Å². The quantitative estimate of drug-likeness (QED) is 0.734. The molecule has 1 unspecified atom stereocenters. The monoisotopic (exact) mass is 290 g/mol. The van der Waals surface area contributed by atoms with Crippen molar-refractivity contribution in [3.05, 3.63) is 0 Å². The molecule has 0 spiro atoms. The van der Waals surface area contributed by atoms with E-state index in [0.29, 0.717) is 13.2 Å². The van der Waals surface area contributed by atoms with Crippen molar-refractivity contribution in [3.8, 4) is 0 Å². The maximum Gasteiger partial charge on any atom is 0.250 e. The van der Waals surface area contributed by atoms with Crippen LogP contribution in [0.5, 0.6) is 0 Å². The molecule has 0 aromatic rings. The SMILES string of the molecule is Cl.O=C(NCCCCC1CCCC1)C1CNCCO1. The Morgan fingerprint density at radius 1 is 1.26 bits per heavy atom. The van der Waals surface area contributed by atoms with Gasteiger partial charge in [0.15, 0.2) is 0 Å². The molecule has 5 heteroatoms. The van der Waals surface area contributed by atoms with Crippen molar-refractivity contribution in [1.82, 2.24) is 10.6 Å². The van der Waals surface area contributed by atoms with Crippen LogP contribution in [0.1, 0.15) is 44.9 Å². The van der Waals surface area contributed by atoms with Crippen LogP contribution in [0, 0.1) is 5.92 Å². The Hall–Kier alpha value is -0.320. The van der Waals surface area contributed by atoms with Crippen LogP contribution in [0.15, 0.2) is 0 Å². The Morgan fingerprint density at radius 2 is 2.05 bits per heavy atom. The third kappa shape index (κ3) is 6.11. The van der Waals surface area contributed by atoms with Crippen LogP contribution >= 0.6 is 12.4 Å². The predicted molar refractivity (Wildman–Crippen MR) is 78.7 cm³/mol. The van der Waals surface area contributed by atoms with Gasteiger partial charge in [0, 0.05) is 19.6 Å². The van der Waals surface area contributed by atoms with Gasteiger partial charge in [-0.05, 0) is 12.3 Å². The van der Waals surface area contributed by atoms with E-state index in [0.717, 1.165) is 25.4 Å². The Labute approximate surface area is 122 Å². The first kappa shape index (κ1) is 16.7. The van der Waals surface area contributed by atoms with E-state index in [4.69, 9.17) is 4.74 Å². The summed E-state index contributed by atoms with van der Waals surface area (Å²) < 4.78 is 5.40. The van der Waals surface area contributed by atoms with Gasteiger partial charge in [0.2, 0.25) is 5.91 Å². The first-order chi connectivity index (χ1) is 8.86. The van der Waals surface area contributed by atoms with Crippen LogP contribution in [-0.2, 0) is 9.53 Å². The fourth-order valence-electron chi connectivity index (χ4n) is 2.92. The predicted octanol–water partition coefficient (Wildman–Crippen LogP) is 1.87. The highest BCUT2D eigenvalue weighted by atomic mass is 35.5. The Balaban J connectivity index is 0.00000180. The van der Waals surface area contributed by atoms with E-state index in [2.05, 4.69) is 10.6 Å². The van der Waals surface area contributed by atoms with Gasteiger partial charge in [0.1, 0.15) is 6.10 Å². The fourth-order valence-corrected chi connectivity index (χ4v) is 2.92. The number of unbranched alkanes of at least 4 members (excludes halogenated alkanes) is 1. The van der Waals surface area contributed by atoms with E-state index < -0.39 is 0 Å². The van der Waals surface area contributed by atoms with Crippen LogP contribution in [0.25, 0.3) is 0 Å². The zero-order valence-electron chi connectivity index (χ0n) is 11.7. The second kappa shape index (κ2) is 9.56. The fraction of sp³-hybridized carbons (Fsp3) is 0.929. The van der Waals surface area contributed by atoms with Gasteiger partial charge in [0.05, 0.1) is 6.61 Å². The Bertz CT molecular complexity index is 252. The number of amides is 1. The highest BCUT2D eigenvalue weighted by Gasteiger charge is 2.21. The largest absolute Gasteiger partial charge is 0.366 e. The molecule has 1 atom stereocenters. The summed E-state index contributed by atoms with van der Waals surface area (Å²) in [5.74, 6) is 1.01. The highest BCUT2D eigenvalue weighted by molar-refractivity contribution is 5.85. The molecule has 2 aliphatic rings. The number of rotatable bonds is 6. The highest BCUT2D eigenvalue weighted by Crippen LogP contribution is 2.28. The minimum absolute atomic E-state index is 0. The van der Waals surface area contributed by atoms with Crippen molar-refractivity contribution in [1.29, 1.82) is 0 Å². The second-order valence-corrected chi connectivity index (χ2v) is 5.50. The summed E-state index contributed by atoms with van der Waals surface area (Å²) in [6, 6.07) is 0. The molecule has 0 aromatic carbocycles. The molecule has 112 valence electrons. The van der Waals surface area contributed by atoms with Crippen LogP contribution in [0.2, 0.25) is 0 Å². The minimum atomic E-state index is -0.284. The summed E-state index contributed by atoms with van der Waals surface area (Å²) in [6.45, 7) is 2.93. The van der Waals surface area contributed by atoms with Crippen LogP contribution < -0.4 is 10.6 Å². The number of hydrogen-bond donors (Lipinski definition) is 2. The Kier molecular flexibility index (Phi) is 8.42. The molecule has 0 aromatic heterocycles. The van der Waals surface area contributed by atoms with E-state index in [1.807, 2.05) is 0 Å². The van der Waals surface area contributed by atoms with E-state index in [9.17, 15) is 4.79 Å². The zero-order chi connectivity index (χ0) is 12.6. The molecule has 19 heavy (non-hydrogen) atoms. The van der Waals surface area contributed by atoms with Crippen molar-refractivity contribution in [2.24, 2.45) is 5.92 Å². The summed E-state index contributed by atoms with van der Waals surface area (Å²) in [7, 11) is 0. The summed E-state index contributed by atoms with van der Waals surface area (Å²) in [4.78, 5) is 11.7. The number of nitrogens with one attached hydrogen (secondary N) is 2. The molecule has 1 aliphatic heterocycles. The van der Waals surface area contributed by atoms with Gasteiger partial charge in [-0.25, -0.2) is 0 Å². The number of carbonyl (C=O) groups excluding carboxylic acids is 1. The molecule has 1 aliphatic carbocycles. The van der Waals surface area contributed by atoms with Crippen LogP contribution in [-0.4, -0.2) is 38.3 Å². The molecule has 2 fully saturated rings. The average molecular weight is 291 g/mol. The molecule has 1 saturated carbocycles. The number of halogens is 1. The average Bonchev–Trinajstić information content (AvgIpc) is 2.92. The number of ether oxygens (including phenoxy) is 1. The summed E-state index contributed by atoms with van der Waals surface area (Å²) in [5.41, 5.74) is 0. The number of hydrogen-bond acceptors (Lipinski definition) is 3. The lowest BCUT2D eigenvalue weighted by molar-refractivity contribution is -0.134. The summed E-state index contributed by atoms with van der Waals surface area (Å²) in [6.07, 6.45) is 9.10. The zero-order valence-corrected chi connectivity index (χ0v) is 12.5. The molecule has 0 bridgehead atoms. The van der Waals surface area contributed by atoms with Crippen LogP contribution in [0.3, 0.4) is 0 Å². The molecule has 1 heterocycles. The van der Waals surface area contributed by atoms with Crippen molar-refractivity contribution in [2.75, 3.05) is 26.2 Å². The van der Waals surface area contributed by atoms with Gasteiger partial charge >= 0.3 is 0 Å². The van der Waals surface area contributed by atoms with E-state index >= 15 is 0 Å². The van der Waals surface area contributed by atoms with Crippen LogP contribution in [0.4, 0.5) is 0 Å². The molecule has 4 nitrogen and oxygen atoms in total. The lowest BCUT2D eigenvalue weighted by Gasteiger charge is -2.22. The number of morpholine rings is 1. The summed E-state index contributed by atoms with van der Waals surface area (Å²) >= 11 is 0. The van der Waals surface area contributed by atoms with Crippen molar-refractivity contribution in [3.63, 3.8) is 0 Å². The molecule has 1 saturated heterocycles.